The highest BCUT2D eigenvalue weighted by Crippen LogP contribution is 2.18. The zero-order valence-corrected chi connectivity index (χ0v) is 11.5. The average molecular weight is 273 g/mol. The van der Waals surface area contributed by atoms with E-state index in [-0.39, 0.29) is 0 Å². The predicted octanol–water partition coefficient (Wildman–Crippen LogP) is 4.19. The molecule has 0 aliphatic rings. The summed E-state index contributed by atoms with van der Waals surface area (Å²) in [4.78, 5) is 4.14. The highest BCUT2D eigenvalue weighted by Gasteiger charge is 1.96. The molecule has 21 heavy (non-hydrogen) atoms. The van der Waals surface area contributed by atoms with E-state index >= 15 is 0 Å². The lowest BCUT2D eigenvalue weighted by Gasteiger charge is -2.02. The molecule has 0 fully saturated rings. The molecule has 3 rings (SSSR count). The molecule has 0 saturated heterocycles. The fraction of sp³-hybridized carbons (Fsp3) is 0. The van der Waals surface area contributed by atoms with Crippen molar-refractivity contribution in [2.24, 2.45) is 5.10 Å². The van der Waals surface area contributed by atoms with Crippen LogP contribution >= 0.6 is 0 Å². The van der Waals surface area contributed by atoms with E-state index in [0.717, 1.165) is 11.4 Å². The third kappa shape index (κ3) is 3.54. The normalized spacial score (nSPS) is 10.7. The molecular formula is C18H15N3. The van der Waals surface area contributed by atoms with Crippen molar-refractivity contribution < 1.29 is 0 Å². The standard InChI is InChI=1S/C18H15N3/c1-2-6-16(7-3-1)17-11-9-15(10-12-17)14-20-21-18-8-4-5-13-19-18/h1-14H,(H,19,21)/b20-14+. The van der Waals surface area contributed by atoms with Crippen LogP contribution in [-0.4, -0.2) is 11.2 Å². The van der Waals surface area contributed by atoms with E-state index in [2.05, 4.69) is 39.8 Å². The van der Waals surface area contributed by atoms with Gasteiger partial charge in [-0.05, 0) is 28.8 Å². The van der Waals surface area contributed by atoms with Gasteiger partial charge in [0.05, 0.1) is 6.21 Å². The third-order valence-corrected chi connectivity index (χ3v) is 3.08. The lowest BCUT2D eigenvalue weighted by Crippen LogP contribution is -1.92. The summed E-state index contributed by atoms with van der Waals surface area (Å²) in [5.74, 6) is 0.731. The lowest BCUT2D eigenvalue weighted by molar-refractivity contribution is 1.23. The van der Waals surface area contributed by atoms with Crippen molar-refractivity contribution in [3.05, 3.63) is 84.6 Å². The summed E-state index contributed by atoms with van der Waals surface area (Å²) in [6.07, 6.45) is 3.51. The van der Waals surface area contributed by atoms with Crippen molar-refractivity contribution in [2.75, 3.05) is 5.43 Å². The Kier molecular flexibility index (Phi) is 4.03. The minimum absolute atomic E-state index is 0.731. The van der Waals surface area contributed by atoms with Crippen molar-refractivity contribution in [1.29, 1.82) is 0 Å². The Morgan fingerprint density at radius 1 is 0.762 bits per heavy atom. The quantitative estimate of drug-likeness (QED) is 0.571. The van der Waals surface area contributed by atoms with Gasteiger partial charge in [0.2, 0.25) is 0 Å². The van der Waals surface area contributed by atoms with Gasteiger partial charge < -0.3 is 0 Å². The Bertz CT molecular complexity index is 704. The molecule has 0 unspecified atom stereocenters. The molecule has 1 N–H and O–H groups in total. The van der Waals surface area contributed by atoms with Gasteiger partial charge in [-0.2, -0.15) is 5.10 Å². The van der Waals surface area contributed by atoms with Gasteiger partial charge in [-0.3, -0.25) is 5.43 Å². The van der Waals surface area contributed by atoms with E-state index < -0.39 is 0 Å². The molecule has 0 amide bonds. The predicted molar refractivity (Wildman–Crippen MR) is 87.3 cm³/mol. The first-order chi connectivity index (χ1) is 10.4. The van der Waals surface area contributed by atoms with Crippen molar-refractivity contribution >= 4 is 12.0 Å². The number of anilines is 1. The van der Waals surface area contributed by atoms with Crippen LogP contribution in [0.15, 0.2) is 84.1 Å². The second-order valence-corrected chi connectivity index (χ2v) is 4.57. The molecule has 0 aliphatic heterocycles. The van der Waals surface area contributed by atoms with E-state index in [4.69, 9.17) is 0 Å². The Labute approximate surface area is 124 Å². The molecule has 0 saturated carbocycles. The number of rotatable bonds is 4. The molecular weight excluding hydrogens is 258 g/mol. The molecule has 2 aromatic carbocycles. The van der Waals surface area contributed by atoms with Crippen molar-refractivity contribution in [3.8, 4) is 11.1 Å². The molecule has 3 nitrogen and oxygen atoms in total. The number of hydrazone groups is 1. The summed E-state index contributed by atoms with van der Waals surface area (Å²) < 4.78 is 0. The van der Waals surface area contributed by atoms with Gasteiger partial charge in [0, 0.05) is 6.20 Å². The van der Waals surface area contributed by atoms with Crippen LogP contribution in [0.5, 0.6) is 0 Å². The Morgan fingerprint density at radius 2 is 1.48 bits per heavy atom. The number of benzene rings is 2. The summed E-state index contributed by atoms with van der Waals surface area (Å²) in [5.41, 5.74) is 6.35. The maximum Gasteiger partial charge on any atom is 0.146 e. The van der Waals surface area contributed by atoms with Gasteiger partial charge in [-0.1, -0.05) is 60.7 Å². The van der Waals surface area contributed by atoms with Gasteiger partial charge in [0.1, 0.15) is 5.82 Å². The fourth-order valence-electron chi connectivity index (χ4n) is 1.99. The minimum atomic E-state index is 0.731. The van der Waals surface area contributed by atoms with Crippen LogP contribution in [0.1, 0.15) is 5.56 Å². The monoisotopic (exact) mass is 273 g/mol. The van der Waals surface area contributed by atoms with Crippen molar-refractivity contribution in [1.82, 2.24) is 4.98 Å². The SMILES string of the molecule is C(=N\Nc1ccccn1)/c1ccc(-c2ccccc2)cc1. The molecule has 0 spiro atoms. The average Bonchev–Trinajstić information content (AvgIpc) is 2.57. The highest BCUT2D eigenvalue weighted by atomic mass is 15.3. The van der Waals surface area contributed by atoms with E-state index in [0.29, 0.717) is 0 Å². The zero-order valence-electron chi connectivity index (χ0n) is 11.5. The zero-order chi connectivity index (χ0) is 14.3. The molecule has 3 heteroatoms. The number of hydrogen-bond acceptors (Lipinski definition) is 3. The van der Waals surface area contributed by atoms with E-state index in [1.54, 1.807) is 12.4 Å². The number of hydrogen-bond donors (Lipinski definition) is 1. The van der Waals surface area contributed by atoms with Crippen LogP contribution in [-0.2, 0) is 0 Å². The second kappa shape index (κ2) is 6.48. The van der Waals surface area contributed by atoms with Gasteiger partial charge in [-0.15, -0.1) is 0 Å². The van der Waals surface area contributed by atoms with Crippen LogP contribution in [0.2, 0.25) is 0 Å². The molecule has 0 bridgehead atoms. The molecule has 0 radical (unpaired) electrons. The van der Waals surface area contributed by atoms with Crippen molar-refractivity contribution in [2.45, 2.75) is 0 Å². The Morgan fingerprint density at radius 3 is 2.19 bits per heavy atom. The van der Waals surface area contributed by atoms with Gasteiger partial charge in [0.25, 0.3) is 0 Å². The van der Waals surface area contributed by atoms with E-state index in [9.17, 15) is 0 Å². The van der Waals surface area contributed by atoms with Crippen LogP contribution in [0.25, 0.3) is 11.1 Å². The summed E-state index contributed by atoms with van der Waals surface area (Å²) in [7, 11) is 0. The molecule has 1 aromatic heterocycles. The summed E-state index contributed by atoms with van der Waals surface area (Å²) >= 11 is 0. The Hall–Kier alpha value is -2.94. The first kappa shape index (κ1) is 13.1. The van der Waals surface area contributed by atoms with Crippen molar-refractivity contribution in [3.63, 3.8) is 0 Å². The molecule has 0 aliphatic carbocycles. The smallest absolute Gasteiger partial charge is 0.146 e. The largest absolute Gasteiger partial charge is 0.261 e. The molecule has 0 atom stereocenters. The van der Waals surface area contributed by atoms with E-state index in [1.165, 1.54) is 11.1 Å². The minimum Gasteiger partial charge on any atom is -0.261 e. The second-order valence-electron chi connectivity index (χ2n) is 4.57. The maximum atomic E-state index is 4.18. The highest BCUT2D eigenvalue weighted by molar-refractivity contribution is 5.81. The summed E-state index contributed by atoms with van der Waals surface area (Å²) in [5, 5.41) is 4.18. The maximum absolute atomic E-state index is 4.18. The molecule has 1 heterocycles. The number of nitrogens with zero attached hydrogens (tertiary/aromatic N) is 2. The topological polar surface area (TPSA) is 37.3 Å². The van der Waals surface area contributed by atoms with Crippen LogP contribution < -0.4 is 5.43 Å². The van der Waals surface area contributed by atoms with Gasteiger partial charge >= 0.3 is 0 Å². The van der Waals surface area contributed by atoms with Gasteiger partial charge in [0.15, 0.2) is 0 Å². The van der Waals surface area contributed by atoms with Crippen LogP contribution in [0, 0.1) is 0 Å². The number of pyridine rings is 1. The van der Waals surface area contributed by atoms with Crippen LogP contribution in [0.3, 0.4) is 0 Å². The fourth-order valence-corrected chi connectivity index (χ4v) is 1.99. The van der Waals surface area contributed by atoms with E-state index in [1.807, 2.05) is 48.5 Å². The molecule has 102 valence electrons. The summed E-state index contributed by atoms with van der Waals surface area (Å²) in [6, 6.07) is 24.3. The van der Waals surface area contributed by atoms with Gasteiger partial charge in [-0.25, -0.2) is 4.98 Å². The first-order valence-corrected chi connectivity index (χ1v) is 6.77. The molecule has 3 aromatic rings. The Balaban J connectivity index is 1.67. The first-order valence-electron chi connectivity index (χ1n) is 6.77. The number of nitrogens with one attached hydrogen (secondary N) is 1. The summed E-state index contributed by atoms with van der Waals surface area (Å²) in [6.45, 7) is 0. The lowest BCUT2D eigenvalue weighted by atomic mass is 10.0. The number of aromatic nitrogens is 1. The van der Waals surface area contributed by atoms with Crippen LogP contribution in [0.4, 0.5) is 5.82 Å². The third-order valence-electron chi connectivity index (χ3n) is 3.08.